The Hall–Kier alpha value is -2.14. The maximum atomic E-state index is 14.2. The van der Waals surface area contributed by atoms with E-state index in [0.29, 0.717) is 11.3 Å². The predicted molar refractivity (Wildman–Crippen MR) is 99.3 cm³/mol. The fourth-order valence-electron chi connectivity index (χ4n) is 2.39. The molecule has 5 heteroatoms. The first-order chi connectivity index (χ1) is 11.5. The Kier molecular flexibility index (Phi) is 6.15. The van der Waals surface area contributed by atoms with Gasteiger partial charge in [0, 0.05) is 5.56 Å². The molecular formula is C19H22FNO2S. The lowest BCUT2D eigenvalue weighted by atomic mass is 10.0. The van der Waals surface area contributed by atoms with E-state index in [1.54, 1.807) is 12.1 Å². The summed E-state index contributed by atoms with van der Waals surface area (Å²) in [6.45, 7) is 6.29. The number of rotatable bonds is 5. The fourth-order valence-corrected chi connectivity index (χ4v) is 2.50. The van der Waals surface area contributed by atoms with Crippen molar-refractivity contribution >= 4 is 23.1 Å². The molecule has 2 rings (SSSR count). The molecule has 0 spiro atoms. The SMILES string of the molecule is CCc1cc(C)c(C)cc1OCc1c(F)cccc1NC(=S)OC. The third-order valence-electron chi connectivity index (χ3n) is 3.97. The maximum absolute atomic E-state index is 14.2. The Balaban J connectivity index is 2.26. The van der Waals surface area contributed by atoms with Crippen LogP contribution in [0.4, 0.5) is 10.1 Å². The highest BCUT2D eigenvalue weighted by molar-refractivity contribution is 7.80. The molecule has 0 radical (unpaired) electrons. The maximum Gasteiger partial charge on any atom is 0.260 e. The van der Waals surface area contributed by atoms with E-state index in [1.807, 2.05) is 13.0 Å². The van der Waals surface area contributed by atoms with Crippen molar-refractivity contribution in [3.63, 3.8) is 0 Å². The second-order valence-corrected chi connectivity index (χ2v) is 5.94. The van der Waals surface area contributed by atoms with Crippen molar-refractivity contribution in [1.29, 1.82) is 0 Å². The minimum atomic E-state index is -0.346. The first kappa shape index (κ1) is 18.2. The van der Waals surface area contributed by atoms with E-state index in [9.17, 15) is 4.39 Å². The number of methoxy groups -OCH3 is 1. The quantitative estimate of drug-likeness (QED) is 0.777. The highest BCUT2D eigenvalue weighted by Crippen LogP contribution is 2.27. The molecule has 0 saturated carbocycles. The van der Waals surface area contributed by atoms with Gasteiger partial charge in [0.2, 0.25) is 0 Å². The van der Waals surface area contributed by atoms with Crippen LogP contribution >= 0.6 is 12.2 Å². The van der Waals surface area contributed by atoms with Gasteiger partial charge in [0.25, 0.3) is 5.17 Å². The van der Waals surface area contributed by atoms with Crippen molar-refractivity contribution in [2.75, 3.05) is 12.4 Å². The van der Waals surface area contributed by atoms with Gasteiger partial charge in [0.05, 0.1) is 12.8 Å². The lowest BCUT2D eigenvalue weighted by molar-refractivity contribution is 0.297. The molecule has 0 saturated heterocycles. The van der Waals surface area contributed by atoms with E-state index in [1.165, 1.54) is 18.7 Å². The molecule has 0 bridgehead atoms. The lowest BCUT2D eigenvalue weighted by Crippen LogP contribution is -2.14. The molecule has 24 heavy (non-hydrogen) atoms. The van der Waals surface area contributed by atoms with E-state index in [4.69, 9.17) is 21.7 Å². The summed E-state index contributed by atoms with van der Waals surface area (Å²) in [6.07, 6.45) is 0.854. The van der Waals surface area contributed by atoms with E-state index >= 15 is 0 Å². The summed E-state index contributed by atoms with van der Waals surface area (Å²) in [4.78, 5) is 0. The van der Waals surface area contributed by atoms with Crippen LogP contribution < -0.4 is 10.1 Å². The Labute approximate surface area is 147 Å². The molecule has 2 aromatic carbocycles. The highest BCUT2D eigenvalue weighted by Gasteiger charge is 2.12. The standard InChI is InChI=1S/C19H22FNO2S/c1-5-14-9-12(2)13(3)10-18(14)23-11-15-16(20)7-6-8-17(15)21-19(24)22-4/h6-10H,5,11H2,1-4H3,(H,21,24). The zero-order chi connectivity index (χ0) is 17.7. The van der Waals surface area contributed by atoms with Gasteiger partial charge in [-0.3, -0.25) is 0 Å². The van der Waals surface area contributed by atoms with Crippen molar-refractivity contribution < 1.29 is 13.9 Å². The first-order valence-corrected chi connectivity index (χ1v) is 8.22. The van der Waals surface area contributed by atoms with Crippen LogP contribution in [0.3, 0.4) is 0 Å². The van der Waals surface area contributed by atoms with E-state index < -0.39 is 0 Å². The topological polar surface area (TPSA) is 30.5 Å². The van der Waals surface area contributed by atoms with Crippen molar-refractivity contribution in [2.45, 2.75) is 33.8 Å². The Morgan fingerprint density at radius 2 is 1.92 bits per heavy atom. The first-order valence-electron chi connectivity index (χ1n) is 7.81. The fraction of sp³-hybridized carbons (Fsp3) is 0.316. The van der Waals surface area contributed by atoms with Crippen LogP contribution in [0.2, 0.25) is 0 Å². The second kappa shape index (κ2) is 8.11. The molecule has 2 aromatic rings. The van der Waals surface area contributed by atoms with Crippen LogP contribution in [0.5, 0.6) is 5.75 Å². The van der Waals surface area contributed by atoms with Gasteiger partial charge in [0.15, 0.2) is 0 Å². The molecule has 0 unspecified atom stereocenters. The van der Waals surface area contributed by atoms with Crippen LogP contribution in [-0.2, 0) is 17.8 Å². The minimum Gasteiger partial charge on any atom is -0.488 e. The number of hydrogen-bond donors (Lipinski definition) is 1. The molecule has 0 aliphatic heterocycles. The number of hydrogen-bond acceptors (Lipinski definition) is 3. The summed E-state index contributed by atoms with van der Waals surface area (Å²) >= 11 is 4.99. The number of nitrogens with one attached hydrogen (secondary N) is 1. The number of ether oxygens (including phenoxy) is 2. The van der Waals surface area contributed by atoms with E-state index in [-0.39, 0.29) is 17.6 Å². The van der Waals surface area contributed by atoms with Crippen LogP contribution in [0.15, 0.2) is 30.3 Å². The smallest absolute Gasteiger partial charge is 0.260 e. The van der Waals surface area contributed by atoms with Crippen LogP contribution in [0.25, 0.3) is 0 Å². The van der Waals surface area contributed by atoms with Gasteiger partial charge in [-0.2, -0.15) is 0 Å². The normalized spacial score (nSPS) is 10.4. The average Bonchev–Trinajstić information content (AvgIpc) is 2.56. The summed E-state index contributed by atoms with van der Waals surface area (Å²) in [7, 11) is 1.47. The third kappa shape index (κ3) is 4.23. The van der Waals surface area contributed by atoms with Gasteiger partial charge in [-0.15, -0.1) is 0 Å². The molecular weight excluding hydrogens is 325 g/mol. The lowest BCUT2D eigenvalue weighted by Gasteiger charge is -2.16. The van der Waals surface area contributed by atoms with Crippen molar-refractivity contribution in [1.82, 2.24) is 0 Å². The molecule has 0 fully saturated rings. The zero-order valence-corrected chi connectivity index (χ0v) is 15.2. The van der Waals surface area contributed by atoms with Gasteiger partial charge in [0.1, 0.15) is 18.2 Å². The van der Waals surface area contributed by atoms with Crippen LogP contribution in [-0.4, -0.2) is 12.3 Å². The molecule has 1 N–H and O–H groups in total. The summed E-state index contributed by atoms with van der Waals surface area (Å²) in [5.41, 5.74) is 4.44. The number of benzene rings is 2. The summed E-state index contributed by atoms with van der Waals surface area (Å²) in [6, 6.07) is 8.88. The Bertz CT molecular complexity index is 746. The number of anilines is 1. The predicted octanol–water partition coefficient (Wildman–Crippen LogP) is 4.93. The van der Waals surface area contributed by atoms with Gasteiger partial charge in [-0.1, -0.05) is 19.1 Å². The zero-order valence-electron chi connectivity index (χ0n) is 14.4. The van der Waals surface area contributed by atoms with Crippen molar-refractivity contribution in [3.05, 3.63) is 58.4 Å². The van der Waals surface area contributed by atoms with Gasteiger partial charge in [-0.05, 0) is 67.4 Å². The number of aryl methyl sites for hydroxylation is 3. The monoisotopic (exact) mass is 347 g/mol. The molecule has 0 heterocycles. The van der Waals surface area contributed by atoms with Crippen molar-refractivity contribution in [2.24, 2.45) is 0 Å². The molecule has 0 aromatic heterocycles. The molecule has 0 aliphatic rings. The molecule has 0 aliphatic carbocycles. The van der Waals surface area contributed by atoms with E-state index in [0.717, 1.165) is 23.3 Å². The number of thiocarbonyl (C=S) groups is 1. The molecule has 0 atom stereocenters. The summed E-state index contributed by atoms with van der Waals surface area (Å²) < 4.78 is 25.1. The van der Waals surface area contributed by atoms with E-state index in [2.05, 4.69) is 25.2 Å². The third-order valence-corrected chi connectivity index (χ3v) is 4.24. The summed E-state index contributed by atoms with van der Waals surface area (Å²) in [5.74, 6) is 0.435. The second-order valence-electron chi connectivity index (χ2n) is 5.57. The Morgan fingerprint density at radius 1 is 1.21 bits per heavy atom. The minimum absolute atomic E-state index is 0.108. The Morgan fingerprint density at radius 3 is 2.58 bits per heavy atom. The van der Waals surface area contributed by atoms with Gasteiger partial charge < -0.3 is 14.8 Å². The molecule has 3 nitrogen and oxygen atoms in total. The van der Waals surface area contributed by atoms with Crippen molar-refractivity contribution in [3.8, 4) is 5.75 Å². The van der Waals surface area contributed by atoms with Gasteiger partial charge >= 0.3 is 0 Å². The highest BCUT2D eigenvalue weighted by atomic mass is 32.1. The average molecular weight is 347 g/mol. The van der Waals surface area contributed by atoms with Crippen LogP contribution in [0.1, 0.15) is 29.2 Å². The number of halogens is 1. The molecule has 0 amide bonds. The summed E-state index contributed by atoms with van der Waals surface area (Å²) in [5, 5.41) is 3.06. The van der Waals surface area contributed by atoms with Gasteiger partial charge in [-0.25, -0.2) is 4.39 Å². The van der Waals surface area contributed by atoms with Crippen LogP contribution in [0, 0.1) is 19.7 Å². The largest absolute Gasteiger partial charge is 0.488 e. The molecule has 128 valence electrons.